The van der Waals surface area contributed by atoms with E-state index in [0.717, 1.165) is 0 Å². The van der Waals surface area contributed by atoms with Crippen LogP contribution in [0.1, 0.15) is 12.5 Å². The number of aryl methyl sites for hydroxylation is 1. The zero-order chi connectivity index (χ0) is 11.4. The summed E-state index contributed by atoms with van der Waals surface area (Å²) in [5, 5.41) is 0. The highest BCUT2D eigenvalue weighted by Crippen LogP contribution is 2.19. The molecular formula is C10H13FN2O2. The van der Waals surface area contributed by atoms with E-state index in [2.05, 4.69) is 0 Å². The van der Waals surface area contributed by atoms with Crippen LogP contribution in [0.5, 0.6) is 5.75 Å². The molecule has 0 saturated carbocycles. The van der Waals surface area contributed by atoms with Crippen LogP contribution in [-0.2, 0) is 4.79 Å². The lowest BCUT2D eigenvalue weighted by Crippen LogP contribution is -2.40. The molecule has 0 aliphatic heterocycles. The van der Waals surface area contributed by atoms with Crippen LogP contribution in [-0.4, -0.2) is 12.0 Å². The van der Waals surface area contributed by atoms with Gasteiger partial charge in [0.1, 0.15) is 11.6 Å². The average Bonchev–Trinajstić information content (AvgIpc) is 2.20. The summed E-state index contributed by atoms with van der Waals surface area (Å²) in [7, 11) is 0. The van der Waals surface area contributed by atoms with Gasteiger partial charge in [-0.3, -0.25) is 10.2 Å². The van der Waals surface area contributed by atoms with E-state index in [9.17, 15) is 9.18 Å². The number of carbonyl (C=O) groups excluding carboxylic acids is 1. The summed E-state index contributed by atoms with van der Waals surface area (Å²) in [5.41, 5.74) is 2.61. The van der Waals surface area contributed by atoms with E-state index in [1.165, 1.54) is 18.2 Å². The molecule has 0 aliphatic rings. The fraction of sp³-hybridized carbons (Fsp3) is 0.300. The molecule has 4 nitrogen and oxygen atoms in total. The van der Waals surface area contributed by atoms with Gasteiger partial charge < -0.3 is 4.74 Å². The number of hydrazine groups is 1. The Morgan fingerprint density at radius 3 is 2.80 bits per heavy atom. The number of hydrogen-bond donors (Lipinski definition) is 2. The highest BCUT2D eigenvalue weighted by molar-refractivity contribution is 5.80. The van der Waals surface area contributed by atoms with Gasteiger partial charge in [0.15, 0.2) is 6.10 Å². The fourth-order valence-corrected chi connectivity index (χ4v) is 1.11. The van der Waals surface area contributed by atoms with E-state index in [4.69, 9.17) is 10.6 Å². The van der Waals surface area contributed by atoms with Gasteiger partial charge >= 0.3 is 0 Å². The van der Waals surface area contributed by atoms with Crippen LogP contribution >= 0.6 is 0 Å². The van der Waals surface area contributed by atoms with Crippen LogP contribution in [0, 0.1) is 12.7 Å². The first-order valence-corrected chi connectivity index (χ1v) is 4.48. The first-order valence-electron chi connectivity index (χ1n) is 4.48. The minimum atomic E-state index is -0.709. The van der Waals surface area contributed by atoms with Gasteiger partial charge in [0, 0.05) is 0 Å². The number of benzene rings is 1. The summed E-state index contributed by atoms with van der Waals surface area (Å²) >= 11 is 0. The van der Waals surface area contributed by atoms with Crippen molar-refractivity contribution in [3.63, 3.8) is 0 Å². The second-order valence-electron chi connectivity index (χ2n) is 3.18. The summed E-state index contributed by atoms with van der Waals surface area (Å²) in [4.78, 5) is 11.1. The summed E-state index contributed by atoms with van der Waals surface area (Å²) in [5.74, 6) is 4.65. The number of halogens is 1. The van der Waals surface area contributed by atoms with E-state index in [-0.39, 0.29) is 5.82 Å². The van der Waals surface area contributed by atoms with Crippen molar-refractivity contribution in [3.05, 3.63) is 29.6 Å². The number of carbonyl (C=O) groups is 1. The third-order valence-electron chi connectivity index (χ3n) is 1.95. The number of hydrogen-bond acceptors (Lipinski definition) is 3. The Morgan fingerprint density at radius 2 is 2.27 bits per heavy atom. The molecule has 1 unspecified atom stereocenters. The molecule has 0 heterocycles. The first kappa shape index (κ1) is 11.5. The van der Waals surface area contributed by atoms with Gasteiger partial charge in [-0.05, 0) is 37.6 Å². The highest BCUT2D eigenvalue weighted by Gasteiger charge is 2.14. The maximum Gasteiger partial charge on any atom is 0.274 e. The Hall–Kier alpha value is -1.62. The van der Waals surface area contributed by atoms with Crippen molar-refractivity contribution in [1.29, 1.82) is 0 Å². The quantitative estimate of drug-likeness (QED) is 0.444. The number of ether oxygens (including phenoxy) is 1. The third-order valence-corrected chi connectivity index (χ3v) is 1.95. The van der Waals surface area contributed by atoms with E-state index in [1.54, 1.807) is 13.8 Å². The molecule has 0 aliphatic carbocycles. The Labute approximate surface area is 87.2 Å². The van der Waals surface area contributed by atoms with Crippen molar-refractivity contribution in [2.75, 3.05) is 0 Å². The van der Waals surface area contributed by atoms with E-state index >= 15 is 0 Å². The monoisotopic (exact) mass is 212 g/mol. The lowest BCUT2D eigenvalue weighted by molar-refractivity contribution is -0.127. The standard InChI is InChI=1S/C10H13FN2O2/c1-6-5-8(11)3-4-9(6)15-7(2)10(14)13-12/h3-5,7H,12H2,1-2H3,(H,13,14). The van der Waals surface area contributed by atoms with Crippen molar-refractivity contribution < 1.29 is 13.9 Å². The lowest BCUT2D eigenvalue weighted by atomic mass is 10.2. The SMILES string of the molecule is Cc1cc(F)ccc1OC(C)C(=O)NN. The topological polar surface area (TPSA) is 64.3 Å². The number of amides is 1. The molecule has 1 aromatic rings. The molecule has 82 valence electrons. The van der Waals surface area contributed by atoms with Crippen LogP contribution in [0.2, 0.25) is 0 Å². The lowest BCUT2D eigenvalue weighted by Gasteiger charge is -2.14. The maximum atomic E-state index is 12.8. The van der Waals surface area contributed by atoms with Gasteiger partial charge in [-0.15, -0.1) is 0 Å². The van der Waals surface area contributed by atoms with Crippen molar-refractivity contribution in [2.24, 2.45) is 5.84 Å². The maximum absolute atomic E-state index is 12.8. The van der Waals surface area contributed by atoms with Crippen LogP contribution in [0.3, 0.4) is 0 Å². The van der Waals surface area contributed by atoms with Gasteiger partial charge in [0.05, 0.1) is 0 Å². The normalized spacial score (nSPS) is 12.0. The molecule has 0 aromatic heterocycles. The number of nitrogens with two attached hydrogens (primary N) is 1. The summed E-state index contributed by atoms with van der Waals surface area (Å²) in [6.45, 7) is 3.26. The molecule has 0 saturated heterocycles. The van der Waals surface area contributed by atoms with Crippen molar-refractivity contribution >= 4 is 5.91 Å². The second kappa shape index (κ2) is 4.75. The predicted molar refractivity (Wildman–Crippen MR) is 53.6 cm³/mol. The Kier molecular flexibility index (Phi) is 3.62. The molecule has 1 atom stereocenters. The third kappa shape index (κ3) is 2.92. The molecule has 3 N–H and O–H groups in total. The molecule has 1 rings (SSSR count). The van der Waals surface area contributed by atoms with Gasteiger partial charge in [0.2, 0.25) is 0 Å². The Morgan fingerprint density at radius 1 is 1.60 bits per heavy atom. The van der Waals surface area contributed by atoms with Crippen LogP contribution in [0.25, 0.3) is 0 Å². The van der Waals surface area contributed by atoms with Crippen LogP contribution < -0.4 is 16.0 Å². The molecule has 1 amide bonds. The van der Waals surface area contributed by atoms with E-state index < -0.39 is 12.0 Å². The van der Waals surface area contributed by atoms with Crippen LogP contribution in [0.4, 0.5) is 4.39 Å². The minimum absolute atomic E-state index is 0.337. The predicted octanol–water partition coefficient (Wildman–Crippen LogP) is 0.891. The van der Waals surface area contributed by atoms with Crippen molar-refractivity contribution in [2.45, 2.75) is 20.0 Å². The second-order valence-corrected chi connectivity index (χ2v) is 3.18. The fourth-order valence-electron chi connectivity index (χ4n) is 1.11. The van der Waals surface area contributed by atoms with Crippen LogP contribution in [0.15, 0.2) is 18.2 Å². The summed E-state index contributed by atoms with van der Waals surface area (Å²) in [6.07, 6.45) is -0.709. The van der Waals surface area contributed by atoms with Gasteiger partial charge in [-0.1, -0.05) is 0 Å². The molecule has 0 radical (unpaired) electrons. The van der Waals surface area contributed by atoms with Crippen molar-refractivity contribution in [3.8, 4) is 5.75 Å². The van der Waals surface area contributed by atoms with E-state index in [0.29, 0.717) is 11.3 Å². The molecule has 0 fully saturated rings. The van der Waals surface area contributed by atoms with Gasteiger partial charge in [-0.2, -0.15) is 0 Å². The summed E-state index contributed by atoms with van der Waals surface area (Å²) < 4.78 is 18.0. The average molecular weight is 212 g/mol. The molecule has 5 heteroatoms. The van der Waals surface area contributed by atoms with Gasteiger partial charge in [0.25, 0.3) is 5.91 Å². The Bertz CT molecular complexity index is 368. The first-order chi connectivity index (χ1) is 7.04. The smallest absolute Gasteiger partial charge is 0.274 e. The molecule has 1 aromatic carbocycles. The molecule has 0 bridgehead atoms. The largest absolute Gasteiger partial charge is 0.481 e. The zero-order valence-electron chi connectivity index (χ0n) is 8.58. The van der Waals surface area contributed by atoms with Crippen molar-refractivity contribution in [1.82, 2.24) is 5.43 Å². The summed E-state index contributed by atoms with van der Waals surface area (Å²) in [6, 6.07) is 4.09. The van der Waals surface area contributed by atoms with E-state index in [1.807, 2.05) is 5.43 Å². The highest BCUT2D eigenvalue weighted by atomic mass is 19.1. The minimum Gasteiger partial charge on any atom is -0.481 e. The molecule has 0 spiro atoms. The zero-order valence-corrected chi connectivity index (χ0v) is 8.58. The molecular weight excluding hydrogens is 199 g/mol. The molecule has 15 heavy (non-hydrogen) atoms. The Balaban J connectivity index is 2.76. The number of rotatable bonds is 3. The van der Waals surface area contributed by atoms with Gasteiger partial charge in [-0.25, -0.2) is 10.2 Å². The number of nitrogens with one attached hydrogen (secondary N) is 1.